The molecule has 0 bridgehead atoms. The van der Waals surface area contributed by atoms with Gasteiger partial charge < -0.3 is 9.47 Å². The molecule has 23 heavy (non-hydrogen) atoms. The highest BCUT2D eigenvalue weighted by atomic mass is 16.6. The molecule has 0 spiro atoms. The predicted octanol–water partition coefficient (Wildman–Crippen LogP) is 3.95. The van der Waals surface area contributed by atoms with E-state index in [-0.39, 0.29) is 5.75 Å². The minimum Gasteiger partial charge on any atom is -0.423 e. The van der Waals surface area contributed by atoms with Crippen LogP contribution in [0.2, 0.25) is 0 Å². The van der Waals surface area contributed by atoms with Gasteiger partial charge in [-0.1, -0.05) is 25.5 Å². The number of rotatable bonds is 8. The van der Waals surface area contributed by atoms with Crippen molar-refractivity contribution in [3.8, 4) is 11.5 Å². The monoisotopic (exact) mass is 316 g/mol. The van der Waals surface area contributed by atoms with E-state index in [2.05, 4.69) is 20.1 Å². The fourth-order valence-corrected chi connectivity index (χ4v) is 2.53. The van der Waals surface area contributed by atoms with Crippen LogP contribution < -0.4 is 9.47 Å². The molecular formula is C19H24O4. The molecule has 0 aliphatic rings. The molecule has 1 aromatic carbocycles. The second-order valence-electron chi connectivity index (χ2n) is 5.24. The van der Waals surface area contributed by atoms with Crippen LogP contribution in [-0.2, 0) is 28.9 Å². The molecule has 0 aliphatic heterocycles. The van der Waals surface area contributed by atoms with E-state index in [0.29, 0.717) is 18.6 Å². The van der Waals surface area contributed by atoms with Crippen LogP contribution in [0.4, 0.5) is 0 Å². The molecule has 0 atom stereocenters. The molecule has 0 saturated heterocycles. The first-order chi connectivity index (χ1) is 10.9. The van der Waals surface area contributed by atoms with Gasteiger partial charge in [-0.3, -0.25) is 9.59 Å². The summed E-state index contributed by atoms with van der Waals surface area (Å²) in [6.45, 7) is 12.3. The minimum absolute atomic E-state index is 0.279. The van der Waals surface area contributed by atoms with Crippen LogP contribution >= 0.6 is 0 Å². The first kappa shape index (κ1) is 18.7. The predicted molar refractivity (Wildman–Crippen MR) is 90.9 cm³/mol. The van der Waals surface area contributed by atoms with Gasteiger partial charge in [0, 0.05) is 19.4 Å². The van der Waals surface area contributed by atoms with Gasteiger partial charge in [0.15, 0.2) is 11.5 Å². The molecule has 4 heteroatoms. The van der Waals surface area contributed by atoms with E-state index in [1.54, 1.807) is 12.1 Å². The van der Waals surface area contributed by atoms with Gasteiger partial charge in [0.25, 0.3) is 0 Å². The number of carbonyl (C=O) groups is 2. The van der Waals surface area contributed by atoms with Crippen LogP contribution in [0.3, 0.4) is 0 Å². The van der Waals surface area contributed by atoms with Crippen LogP contribution in [0.25, 0.3) is 0 Å². The fraction of sp³-hybridized carbons (Fsp3) is 0.368. The maximum Gasteiger partial charge on any atom is 0.308 e. The third-order valence-corrected chi connectivity index (χ3v) is 3.27. The lowest BCUT2D eigenvalue weighted by atomic mass is 9.92. The molecule has 1 aromatic rings. The van der Waals surface area contributed by atoms with Crippen molar-refractivity contribution in [2.75, 3.05) is 0 Å². The topological polar surface area (TPSA) is 52.6 Å². The average Bonchev–Trinajstić information content (AvgIpc) is 2.45. The summed E-state index contributed by atoms with van der Waals surface area (Å²) < 4.78 is 10.6. The minimum atomic E-state index is -0.462. The van der Waals surface area contributed by atoms with Gasteiger partial charge in [-0.15, -0.1) is 13.2 Å². The van der Waals surface area contributed by atoms with E-state index in [4.69, 9.17) is 9.47 Å². The van der Waals surface area contributed by atoms with E-state index >= 15 is 0 Å². The summed E-state index contributed by atoms with van der Waals surface area (Å²) in [6, 6.07) is 1.79. The van der Waals surface area contributed by atoms with Gasteiger partial charge in [-0.2, -0.15) is 0 Å². The second kappa shape index (κ2) is 8.93. The lowest BCUT2D eigenvalue weighted by molar-refractivity contribution is -0.134. The lowest BCUT2D eigenvalue weighted by Crippen LogP contribution is -2.12. The van der Waals surface area contributed by atoms with Gasteiger partial charge >= 0.3 is 11.9 Å². The second-order valence-corrected chi connectivity index (χ2v) is 5.24. The first-order valence-electron chi connectivity index (χ1n) is 7.70. The number of hydrogen-bond donors (Lipinski definition) is 0. The van der Waals surface area contributed by atoms with Gasteiger partial charge in [-0.25, -0.2) is 0 Å². The molecule has 0 N–H and O–H groups in total. The molecule has 4 nitrogen and oxygen atoms in total. The Hall–Kier alpha value is -2.36. The Morgan fingerprint density at radius 3 is 2.09 bits per heavy atom. The van der Waals surface area contributed by atoms with Crippen molar-refractivity contribution in [3.63, 3.8) is 0 Å². The van der Waals surface area contributed by atoms with Crippen molar-refractivity contribution in [2.45, 2.75) is 46.5 Å². The van der Waals surface area contributed by atoms with Crippen LogP contribution in [0.15, 0.2) is 31.4 Å². The molecule has 124 valence electrons. The molecular weight excluding hydrogens is 292 g/mol. The summed E-state index contributed by atoms with van der Waals surface area (Å²) in [4.78, 5) is 22.9. The quantitative estimate of drug-likeness (QED) is 0.414. The molecule has 1 rings (SSSR count). The van der Waals surface area contributed by atoms with Crippen LogP contribution in [0, 0.1) is 0 Å². The largest absolute Gasteiger partial charge is 0.423 e. The SMILES string of the molecule is C=CCc1c(CCC)cc(OC(C)=O)c(OC(C)=O)c1CC=C. The summed E-state index contributed by atoms with van der Waals surface area (Å²) >= 11 is 0. The van der Waals surface area contributed by atoms with Crippen molar-refractivity contribution in [2.24, 2.45) is 0 Å². The smallest absolute Gasteiger partial charge is 0.308 e. The highest BCUT2D eigenvalue weighted by Gasteiger charge is 2.21. The van der Waals surface area contributed by atoms with Crippen LogP contribution in [0.1, 0.15) is 43.9 Å². The summed E-state index contributed by atoms with van der Waals surface area (Å²) in [5.74, 6) is -0.344. The highest BCUT2D eigenvalue weighted by molar-refractivity contribution is 5.75. The zero-order valence-electron chi connectivity index (χ0n) is 14.1. The van der Waals surface area contributed by atoms with Gasteiger partial charge in [0.1, 0.15) is 0 Å². The van der Waals surface area contributed by atoms with Crippen LogP contribution in [0.5, 0.6) is 11.5 Å². The first-order valence-corrected chi connectivity index (χ1v) is 7.70. The summed E-state index contributed by atoms with van der Waals surface area (Å²) in [5.41, 5.74) is 2.93. The number of aryl methyl sites for hydroxylation is 1. The Morgan fingerprint density at radius 1 is 1.04 bits per heavy atom. The molecule has 0 aromatic heterocycles. The maximum absolute atomic E-state index is 11.5. The Bertz CT molecular complexity index is 614. The van der Waals surface area contributed by atoms with Crippen molar-refractivity contribution in [3.05, 3.63) is 48.1 Å². The van der Waals surface area contributed by atoms with Crippen molar-refractivity contribution < 1.29 is 19.1 Å². The fourth-order valence-electron chi connectivity index (χ4n) is 2.53. The van der Waals surface area contributed by atoms with Crippen molar-refractivity contribution >= 4 is 11.9 Å². The Morgan fingerprint density at radius 2 is 1.61 bits per heavy atom. The highest BCUT2D eigenvalue weighted by Crippen LogP contribution is 2.38. The van der Waals surface area contributed by atoms with Crippen molar-refractivity contribution in [1.29, 1.82) is 0 Å². The van der Waals surface area contributed by atoms with E-state index < -0.39 is 11.9 Å². The normalized spacial score (nSPS) is 10.0. The number of hydrogen-bond acceptors (Lipinski definition) is 4. The molecule has 0 fully saturated rings. The number of ether oxygens (including phenoxy) is 2. The zero-order valence-corrected chi connectivity index (χ0v) is 14.1. The van der Waals surface area contributed by atoms with Gasteiger partial charge in [0.2, 0.25) is 0 Å². The molecule has 0 heterocycles. The van der Waals surface area contributed by atoms with E-state index in [1.165, 1.54) is 13.8 Å². The molecule has 0 amide bonds. The Balaban J connectivity index is 3.65. The lowest BCUT2D eigenvalue weighted by Gasteiger charge is -2.20. The summed E-state index contributed by atoms with van der Waals surface area (Å²) in [5, 5.41) is 0. The third kappa shape index (κ3) is 5.09. The van der Waals surface area contributed by atoms with Crippen molar-refractivity contribution in [1.82, 2.24) is 0 Å². The summed E-state index contributed by atoms with van der Waals surface area (Å²) in [6.07, 6.45) is 6.49. The molecule has 0 unspecified atom stereocenters. The molecule has 0 radical (unpaired) electrons. The third-order valence-electron chi connectivity index (χ3n) is 3.27. The Labute approximate surface area is 137 Å². The molecule has 0 aliphatic carbocycles. The number of allylic oxidation sites excluding steroid dienone is 2. The van der Waals surface area contributed by atoms with Gasteiger partial charge in [-0.05, 0) is 36.5 Å². The number of esters is 2. The Kier molecular flexibility index (Phi) is 7.26. The standard InChI is InChI=1S/C19H24O4/c1-6-9-15-12-18(22-13(4)20)19(23-14(5)21)17(11-8-3)16(15)10-7-2/h7-8,12H,2-3,6,9-11H2,1,4-5H3. The zero-order chi connectivity index (χ0) is 17.4. The maximum atomic E-state index is 11.5. The van der Waals surface area contributed by atoms with E-state index in [1.807, 2.05) is 6.08 Å². The van der Waals surface area contributed by atoms with Gasteiger partial charge in [0.05, 0.1) is 0 Å². The van der Waals surface area contributed by atoms with E-state index in [9.17, 15) is 9.59 Å². The molecule has 0 saturated carbocycles. The number of carbonyl (C=O) groups excluding carboxylic acids is 2. The van der Waals surface area contributed by atoms with E-state index in [0.717, 1.165) is 29.5 Å². The summed E-state index contributed by atoms with van der Waals surface area (Å²) in [7, 11) is 0. The number of benzene rings is 1. The van der Waals surface area contributed by atoms with Crippen LogP contribution in [-0.4, -0.2) is 11.9 Å². The average molecular weight is 316 g/mol.